The Morgan fingerprint density at radius 3 is 3.11 bits per heavy atom. The molecule has 2 heterocycles. The molecule has 0 saturated carbocycles. The predicted molar refractivity (Wildman–Crippen MR) is 80.0 cm³/mol. The molecule has 2 nitrogen and oxygen atoms in total. The highest BCUT2D eigenvalue weighted by molar-refractivity contribution is 7.20. The van der Waals surface area contributed by atoms with Gasteiger partial charge in [0, 0.05) is 11.1 Å². The second-order valence-electron chi connectivity index (χ2n) is 5.64. The van der Waals surface area contributed by atoms with Gasteiger partial charge in [0.05, 0.1) is 4.88 Å². The Hall–Kier alpha value is -1.22. The van der Waals surface area contributed by atoms with Gasteiger partial charge in [0.2, 0.25) is 0 Å². The molecule has 0 amide bonds. The number of aryl methyl sites for hydroxylation is 1. The predicted octanol–water partition coefficient (Wildman–Crippen LogP) is 4.26. The summed E-state index contributed by atoms with van der Waals surface area (Å²) in [5.41, 5.74) is 2.66. The molecule has 1 aliphatic carbocycles. The van der Waals surface area contributed by atoms with E-state index in [9.17, 15) is 4.79 Å². The van der Waals surface area contributed by atoms with Gasteiger partial charge in [-0.2, -0.15) is 0 Å². The Kier molecular flexibility index (Phi) is 3.40. The molecule has 3 heteroatoms. The maximum absolute atomic E-state index is 10.9. The van der Waals surface area contributed by atoms with E-state index in [1.54, 1.807) is 0 Å². The zero-order valence-electron chi connectivity index (χ0n) is 11.5. The third-order valence-electron chi connectivity index (χ3n) is 4.50. The van der Waals surface area contributed by atoms with Crippen LogP contribution in [0.3, 0.4) is 0 Å². The van der Waals surface area contributed by atoms with E-state index < -0.39 is 0 Å². The number of pyridine rings is 1. The Bertz CT molecular complexity index is 616. The average molecular weight is 273 g/mol. The standard InChI is InChI=1S/C16H19NOS/c1-3-10(2)11-4-5-15-12(6-11)7-13-8-14(9-18)19-16(13)17-15/h7-11H,3-6H2,1-2H3. The van der Waals surface area contributed by atoms with E-state index in [4.69, 9.17) is 4.98 Å². The summed E-state index contributed by atoms with van der Waals surface area (Å²) in [7, 11) is 0. The average Bonchev–Trinajstić information content (AvgIpc) is 2.85. The normalized spacial score (nSPS) is 20.2. The molecular formula is C16H19NOS. The van der Waals surface area contributed by atoms with Crippen LogP contribution in [0, 0.1) is 11.8 Å². The van der Waals surface area contributed by atoms with Crippen LogP contribution in [0.25, 0.3) is 10.2 Å². The molecule has 1 aliphatic rings. The smallest absolute Gasteiger partial charge is 0.160 e. The number of rotatable bonds is 3. The van der Waals surface area contributed by atoms with Crippen LogP contribution in [-0.4, -0.2) is 11.3 Å². The number of thiophene rings is 1. The first-order chi connectivity index (χ1) is 9.21. The lowest BCUT2D eigenvalue weighted by atomic mass is 9.78. The summed E-state index contributed by atoms with van der Waals surface area (Å²) in [4.78, 5) is 17.4. The zero-order valence-corrected chi connectivity index (χ0v) is 12.3. The van der Waals surface area contributed by atoms with Crippen LogP contribution in [0.1, 0.15) is 47.6 Å². The van der Waals surface area contributed by atoms with Gasteiger partial charge in [0.15, 0.2) is 6.29 Å². The van der Waals surface area contributed by atoms with Crippen molar-refractivity contribution in [2.45, 2.75) is 39.5 Å². The van der Waals surface area contributed by atoms with Crippen LogP contribution in [-0.2, 0) is 12.8 Å². The van der Waals surface area contributed by atoms with Gasteiger partial charge in [-0.3, -0.25) is 4.79 Å². The first kappa shape index (κ1) is 12.8. The van der Waals surface area contributed by atoms with Crippen molar-refractivity contribution in [3.8, 4) is 0 Å². The van der Waals surface area contributed by atoms with Crippen molar-refractivity contribution in [3.05, 3.63) is 28.3 Å². The fourth-order valence-corrected chi connectivity index (χ4v) is 3.90. The van der Waals surface area contributed by atoms with E-state index in [-0.39, 0.29) is 0 Å². The van der Waals surface area contributed by atoms with Gasteiger partial charge in [-0.05, 0) is 48.8 Å². The summed E-state index contributed by atoms with van der Waals surface area (Å²) in [5.74, 6) is 1.58. The monoisotopic (exact) mass is 273 g/mol. The van der Waals surface area contributed by atoms with Crippen molar-refractivity contribution in [1.82, 2.24) is 4.98 Å². The largest absolute Gasteiger partial charge is 0.297 e. The van der Waals surface area contributed by atoms with Crippen molar-refractivity contribution >= 4 is 27.8 Å². The molecule has 0 spiro atoms. The van der Waals surface area contributed by atoms with Gasteiger partial charge in [0.25, 0.3) is 0 Å². The summed E-state index contributed by atoms with van der Waals surface area (Å²) in [5, 5.41) is 1.13. The second kappa shape index (κ2) is 5.04. The molecule has 100 valence electrons. The van der Waals surface area contributed by atoms with Crippen LogP contribution in [0.5, 0.6) is 0 Å². The topological polar surface area (TPSA) is 30.0 Å². The Morgan fingerprint density at radius 1 is 1.53 bits per heavy atom. The number of aldehydes is 1. The van der Waals surface area contributed by atoms with Gasteiger partial charge in [-0.15, -0.1) is 11.3 Å². The van der Waals surface area contributed by atoms with Crippen molar-refractivity contribution in [2.24, 2.45) is 11.8 Å². The summed E-state index contributed by atoms with van der Waals surface area (Å²) >= 11 is 1.50. The highest BCUT2D eigenvalue weighted by Gasteiger charge is 2.24. The van der Waals surface area contributed by atoms with Crippen LogP contribution < -0.4 is 0 Å². The van der Waals surface area contributed by atoms with Crippen LogP contribution in [0.4, 0.5) is 0 Å². The molecule has 0 saturated heterocycles. The molecule has 2 aromatic rings. The molecule has 19 heavy (non-hydrogen) atoms. The summed E-state index contributed by atoms with van der Waals surface area (Å²) in [6.07, 6.45) is 5.68. The van der Waals surface area contributed by atoms with Crippen LogP contribution in [0.15, 0.2) is 12.1 Å². The maximum Gasteiger partial charge on any atom is 0.160 e. The van der Waals surface area contributed by atoms with Gasteiger partial charge in [0.1, 0.15) is 4.83 Å². The molecule has 0 aliphatic heterocycles. The van der Waals surface area contributed by atoms with Crippen LogP contribution >= 0.6 is 11.3 Å². The molecule has 2 aromatic heterocycles. The lowest BCUT2D eigenvalue weighted by Crippen LogP contribution is -2.21. The SMILES string of the molecule is CCC(C)C1CCc2nc3sc(C=O)cc3cc2C1. The second-order valence-corrected chi connectivity index (χ2v) is 6.71. The Morgan fingerprint density at radius 2 is 2.37 bits per heavy atom. The van der Waals surface area contributed by atoms with E-state index >= 15 is 0 Å². The Labute approximate surface area is 117 Å². The number of nitrogens with zero attached hydrogens (tertiary/aromatic N) is 1. The van der Waals surface area contributed by atoms with E-state index in [2.05, 4.69) is 19.9 Å². The van der Waals surface area contributed by atoms with Crippen molar-refractivity contribution < 1.29 is 4.79 Å². The fourth-order valence-electron chi connectivity index (χ4n) is 3.05. The van der Waals surface area contributed by atoms with Crippen molar-refractivity contribution in [1.29, 1.82) is 0 Å². The third-order valence-corrected chi connectivity index (χ3v) is 5.47. The van der Waals surface area contributed by atoms with E-state index in [1.165, 1.54) is 35.4 Å². The molecular weight excluding hydrogens is 254 g/mol. The zero-order chi connectivity index (χ0) is 13.4. The number of hydrogen-bond donors (Lipinski definition) is 0. The number of carbonyl (C=O) groups excluding carboxylic acids is 1. The maximum atomic E-state index is 10.9. The van der Waals surface area contributed by atoms with E-state index in [0.717, 1.165) is 46.1 Å². The van der Waals surface area contributed by atoms with E-state index in [1.807, 2.05) is 6.07 Å². The summed E-state index contributed by atoms with van der Waals surface area (Å²) in [6.45, 7) is 4.63. The molecule has 0 radical (unpaired) electrons. The van der Waals surface area contributed by atoms with Crippen LogP contribution in [0.2, 0.25) is 0 Å². The first-order valence-electron chi connectivity index (χ1n) is 7.08. The molecule has 2 atom stereocenters. The van der Waals surface area contributed by atoms with Crippen molar-refractivity contribution in [3.63, 3.8) is 0 Å². The lowest BCUT2D eigenvalue weighted by Gasteiger charge is -2.28. The van der Waals surface area contributed by atoms with Gasteiger partial charge in [-0.25, -0.2) is 4.98 Å². The molecule has 0 bridgehead atoms. The fraction of sp³-hybridized carbons (Fsp3) is 0.500. The molecule has 2 unspecified atom stereocenters. The minimum Gasteiger partial charge on any atom is -0.297 e. The number of aromatic nitrogens is 1. The van der Waals surface area contributed by atoms with Gasteiger partial charge >= 0.3 is 0 Å². The third kappa shape index (κ3) is 2.32. The minimum atomic E-state index is 0.781. The molecule has 0 N–H and O–H groups in total. The number of fused-ring (bicyclic) bond motifs is 2. The highest BCUT2D eigenvalue weighted by atomic mass is 32.1. The lowest BCUT2D eigenvalue weighted by molar-refractivity contribution is 0.112. The molecule has 0 aromatic carbocycles. The van der Waals surface area contributed by atoms with E-state index in [0.29, 0.717) is 0 Å². The first-order valence-corrected chi connectivity index (χ1v) is 7.90. The summed E-state index contributed by atoms with van der Waals surface area (Å²) < 4.78 is 0. The van der Waals surface area contributed by atoms with Crippen molar-refractivity contribution in [2.75, 3.05) is 0 Å². The van der Waals surface area contributed by atoms with Gasteiger partial charge in [-0.1, -0.05) is 20.3 Å². The molecule has 3 rings (SSSR count). The number of hydrogen-bond acceptors (Lipinski definition) is 3. The quantitative estimate of drug-likeness (QED) is 0.782. The van der Waals surface area contributed by atoms with Gasteiger partial charge < -0.3 is 0 Å². The number of carbonyl (C=O) groups is 1. The highest BCUT2D eigenvalue weighted by Crippen LogP contribution is 2.34. The summed E-state index contributed by atoms with van der Waals surface area (Å²) in [6, 6.07) is 4.23. The molecule has 0 fully saturated rings. The Balaban J connectivity index is 1.97. The minimum absolute atomic E-state index is 0.781.